The molecular weight excluding hydrogens is 134 g/mol. The van der Waals surface area contributed by atoms with E-state index in [1.54, 1.807) is 6.92 Å². The lowest BCUT2D eigenvalue weighted by Crippen LogP contribution is -1.98. The number of nitrogens with zero attached hydrogens (tertiary/aromatic N) is 1. The van der Waals surface area contributed by atoms with Crippen LogP contribution in [0.15, 0.2) is 17.3 Å². The van der Waals surface area contributed by atoms with E-state index in [9.17, 15) is 9.70 Å². The molecule has 0 amide bonds. The zero-order valence-electron chi connectivity index (χ0n) is 5.74. The molecule has 0 atom stereocenters. The van der Waals surface area contributed by atoms with Gasteiger partial charge in [-0.05, 0) is 6.92 Å². The number of ether oxygens (including phenoxy) is 1. The molecule has 0 N–H and O–H groups in total. The molecule has 56 valence electrons. The molecule has 0 aromatic heterocycles. The van der Waals surface area contributed by atoms with Crippen molar-refractivity contribution in [3.63, 3.8) is 0 Å². The number of rotatable bonds is 4. The summed E-state index contributed by atoms with van der Waals surface area (Å²) in [5.74, 6) is -0.439. The summed E-state index contributed by atoms with van der Waals surface area (Å²) in [6.07, 6.45) is 2.54. The van der Waals surface area contributed by atoms with Gasteiger partial charge in [-0.1, -0.05) is 11.3 Å². The summed E-state index contributed by atoms with van der Waals surface area (Å²) in [6, 6.07) is 0. The highest BCUT2D eigenvalue weighted by Crippen LogP contribution is 1.80. The van der Waals surface area contributed by atoms with Crippen LogP contribution in [-0.4, -0.2) is 19.1 Å². The maximum Gasteiger partial charge on any atom is 0.330 e. The minimum absolute atomic E-state index is 0.0127. The molecular formula is C6H9NO3. The molecule has 0 saturated carbocycles. The molecule has 0 spiro atoms. The van der Waals surface area contributed by atoms with Gasteiger partial charge in [0.1, 0.15) is 0 Å². The molecule has 0 saturated heterocycles. The number of esters is 1. The zero-order chi connectivity index (χ0) is 7.82. The molecule has 0 rings (SSSR count). The van der Waals surface area contributed by atoms with E-state index in [1.165, 1.54) is 12.2 Å². The molecule has 0 aromatic rings. The Bertz CT molecular complexity index is 142. The molecule has 0 heterocycles. The second-order valence-corrected chi connectivity index (χ2v) is 1.47. The molecule has 0 aromatic carbocycles. The van der Waals surface area contributed by atoms with Crippen molar-refractivity contribution >= 4 is 5.97 Å². The highest BCUT2D eigenvalue weighted by Gasteiger charge is 1.90. The van der Waals surface area contributed by atoms with Crippen molar-refractivity contribution in [2.45, 2.75) is 6.92 Å². The Labute approximate surface area is 58.8 Å². The quantitative estimate of drug-likeness (QED) is 0.333. The van der Waals surface area contributed by atoms with Crippen LogP contribution in [0.4, 0.5) is 0 Å². The van der Waals surface area contributed by atoms with E-state index in [1.807, 2.05) is 0 Å². The van der Waals surface area contributed by atoms with Crippen LogP contribution >= 0.6 is 0 Å². The molecule has 0 aliphatic carbocycles. The largest absolute Gasteiger partial charge is 0.463 e. The lowest BCUT2D eigenvalue weighted by Gasteiger charge is -1.92. The monoisotopic (exact) mass is 143 g/mol. The van der Waals surface area contributed by atoms with E-state index in [0.29, 0.717) is 6.61 Å². The molecule has 4 heteroatoms. The molecule has 0 aliphatic rings. The van der Waals surface area contributed by atoms with E-state index in [2.05, 4.69) is 9.91 Å². The summed E-state index contributed by atoms with van der Waals surface area (Å²) in [5.41, 5.74) is 0. The molecule has 0 unspecified atom stereocenters. The van der Waals surface area contributed by atoms with Crippen molar-refractivity contribution < 1.29 is 9.53 Å². The Kier molecular flexibility index (Phi) is 5.23. The van der Waals surface area contributed by atoms with E-state index in [0.717, 1.165) is 0 Å². The van der Waals surface area contributed by atoms with Crippen LogP contribution in [0.2, 0.25) is 0 Å². The fourth-order valence-electron chi connectivity index (χ4n) is 0.382. The van der Waals surface area contributed by atoms with Gasteiger partial charge in [0.25, 0.3) is 0 Å². The normalized spacial score (nSPS) is 9.70. The second-order valence-electron chi connectivity index (χ2n) is 1.47. The SMILES string of the molecule is CCOC(=O)/C=C/CN=O. The van der Waals surface area contributed by atoms with Gasteiger partial charge in [-0.3, -0.25) is 0 Å². The number of hydrogen-bond donors (Lipinski definition) is 0. The van der Waals surface area contributed by atoms with Crippen LogP contribution in [0.1, 0.15) is 6.92 Å². The van der Waals surface area contributed by atoms with Gasteiger partial charge >= 0.3 is 5.97 Å². The van der Waals surface area contributed by atoms with Gasteiger partial charge in [0.05, 0.1) is 13.2 Å². The summed E-state index contributed by atoms with van der Waals surface area (Å²) >= 11 is 0. The van der Waals surface area contributed by atoms with E-state index < -0.39 is 5.97 Å². The summed E-state index contributed by atoms with van der Waals surface area (Å²) in [6.45, 7) is 2.07. The Hall–Kier alpha value is -1.19. The second kappa shape index (κ2) is 5.94. The van der Waals surface area contributed by atoms with Gasteiger partial charge in [-0.25, -0.2) is 4.79 Å². The first-order valence-corrected chi connectivity index (χ1v) is 2.93. The van der Waals surface area contributed by atoms with Crippen LogP contribution in [0.3, 0.4) is 0 Å². The predicted molar refractivity (Wildman–Crippen MR) is 36.4 cm³/mol. The molecule has 0 radical (unpaired) electrons. The van der Waals surface area contributed by atoms with Gasteiger partial charge in [0.15, 0.2) is 0 Å². The van der Waals surface area contributed by atoms with Crippen LogP contribution in [0.5, 0.6) is 0 Å². The van der Waals surface area contributed by atoms with Crippen molar-refractivity contribution in [2.24, 2.45) is 5.18 Å². The Morgan fingerprint density at radius 3 is 2.90 bits per heavy atom. The topological polar surface area (TPSA) is 55.7 Å². The molecule has 0 bridgehead atoms. The predicted octanol–water partition coefficient (Wildman–Crippen LogP) is 0.872. The minimum atomic E-state index is -0.439. The maximum absolute atomic E-state index is 10.5. The van der Waals surface area contributed by atoms with Gasteiger partial charge in [-0.15, -0.1) is 0 Å². The van der Waals surface area contributed by atoms with Crippen molar-refractivity contribution in [1.29, 1.82) is 0 Å². The summed E-state index contributed by atoms with van der Waals surface area (Å²) in [7, 11) is 0. The average molecular weight is 143 g/mol. The first-order valence-electron chi connectivity index (χ1n) is 2.93. The van der Waals surface area contributed by atoms with Crippen LogP contribution < -0.4 is 0 Å². The first kappa shape index (κ1) is 8.81. The molecule has 4 nitrogen and oxygen atoms in total. The van der Waals surface area contributed by atoms with Crippen LogP contribution in [-0.2, 0) is 9.53 Å². The van der Waals surface area contributed by atoms with Gasteiger partial charge in [-0.2, -0.15) is 4.91 Å². The Balaban J connectivity index is 3.45. The number of carbonyl (C=O) groups is 1. The highest BCUT2D eigenvalue weighted by atomic mass is 16.5. The average Bonchev–Trinajstić information content (AvgIpc) is 1.89. The van der Waals surface area contributed by atoms with E-state index in [4.69, 9.17) is 0 Å². The number of hydrogen-bond acceptors (Lipinski definition) is 4. The van der Waals surface area contributed by atoms with Crippen molar-refractivity contribution in [3.05, 3.63) is 17.1 Å². The number of nitroso groups, excluding NO2 is 1. The van der Waals surface area contributed by atoms with Gasteiger partial charge in [0.2, 0.25) is 0 Å². The lowest BCUT2D eigenvalue weighted by atomic mass is 10.5. The summed E-state index contributed by atoms with van der Waals surface area (Å²) < 4.78 is 4.52. The molecule has 10 heavy (non-hydrogen) atoms. The highest BCUT2D eigenvalue weighted by molar-refractivity contribution is 5.81. The van der Waals surface area contributed by atoms with E-state index in [-0.39, 0.29) is 6.54 Å². The van der Waals surface area contributed by atoms with E-state index >= 15 is 0 Å². The molecule has 0 fully saturated rings. The van der Waals surface area contributed by atoms with Crippen molar-refractivity contribution in [3.8, 4) is 0 Å². The van der Waals surface area contributed by atoms with Crippen molar-refractivity contribution in [1.82, 2.24) is 0 Å². The third-order valence-electron chi connectivity index (χ3n) is 0.720. The zero-order valence-corrected chi connectivity index (χ0v) is 5.74. The van der Waals surface area contributed by atoms with Crippen molar-refractivity contribution in [2.75, 3.05) is 13.2 Å². The third kappa shape index (κ3) is 4.96. The fraction of sp³-hybridized carbons (Fsp3) is 0.500. The lowest BCUT2D eigenvalue weighted by molar-refractivity contribution is -0.137. The summed E-state index contributed by atoms with van der Waals surface area (Å²) in [5, 5.41) is 2.52. The third-order valence-corrected chi connectivity index (χ3v) is 0.720. The smallest absolute Gasteiger partial charge is 0.330 e. The summed E-state index contributed by atoms with van der Waals surface area (Å²) in [4.78, 5) is 20.0. The van der Waals surface area contributed by atoms with Crippen LogP contribution in [0.25, 0.3) is 0 Å². The van der Waals surface area contributed by atoms with Crippen LogP contribution in [0, 0.1) is 4.91 Å². The molecule has 0 aliphatic heterocycles. The minimum Gasteiger partial charge on any atom is -0.463 e. The Morgan fingerprint density at radius 1 is 1.70 bits per heavy atom. The van der Waals surface area contributed by atoms with Gasteiger partial charge in [0, 0.05) is 6.08 Å². The fourth-order valence-corrected chi connectivity index (χ4v) is 0.382. The standard InChI is InChI=1S/C6H9NO3/c1-2-10-6(8)4-3-5-7-9/h3-4H,2,5H2,1H3/b4-3+. The Morgan fingerprint density at radius 2 is 2.40 bits per heavy atom. The van der Waals surface area contributed by atoms with Gasteiger partial charge < -0.3 is 4.74 Å². The first-order chi connectivity index (χ1) is 4.81. The number of carbonyl (C=O) groups excluding carboxylic acids is 1. The maximum atomic E-state index is 10.5.